The SMILES string of the molecule is CCC(O)Oc1cc([N+](=O)[O-])c(C=O)cc1OC. The molecule has 1 atom stereocenters. The Balaban J connectivity index is 3.27. The second kappa shape index (κ2) is 5.97. The number of nitro benzene ring substituents is 1. The summed E-state index contributed by atoms with van der Waals surface area (Å²) in [5.41, 5.74) is -0.515. The van der Waals surface area contributed by atoms with Gasteiger partial charge in [-0.3, -0.25) is 14.9 Å². The van der Waals surface area contributed by atoms with Crippen LogP contribution in [0.2, 0.25) is 0 Å². The topological polar surface area (TPSA) is 98.9 Å². The number of hydrogen-bond acceptors (Lipinski definition) is 6. The fourth-order valence-electron chi connectivity index (χ4n) is 1.30. The van der Waals surface area contributed by atoms with Gasteiger partial charge in [0.15, 0.2) is 24.1 Å². The van der Waals surface area contributed by atoms with Crippen LogP contribution in [0.15, 0.2) is 12.1 Å². The number of benzene rings is 1. The van der Waals surface area contributed by atoms with Crippen LogP contribution < -0.4 is 9.47 Å². The van der Waals surface area contributed by atoms with Crippen LogP contribution in [0.3, 0.4) is 0 Å². The van der Waals surface area contributed by atoms with E-state index in [1.54, 1.807) is 6.92 Å². The maximum Gasteiger partial charge on any atom is 0.283 e. The molecule has 98 valence electrons. The summed E-state index contributed by atoms with van der Waals surface area (Å²) in [5, 5.41) is 20.1. The molecule has 18 heavy (non-hydrogen) atoms. The number of carbonyl (C=O) groups is 1. The van der Waals surface area contributed by atoms with Crippen LogP contribution >= 0.6 is 0 Å². The highest BCUT2D eigenvalue weighted by atomic mass is 16.6. The first kappa shape index (κ1) is 13.9. The molecule has 0 aliphatic carbocycles. The Labute approximate surface area is 103 Å². The predicted molar refractivity (Wildman–Crippen MR) is 62.0 cm³/mol. The molecule has 0 saturated carbocycles. The lowest BCUT2D eigenvalue weighted by Crippen LogP contribution is -2.14. The van der Waals surface area contributed by atoms with E-state index in [-0.39, 0.29) is 17.1 Å². The lowest BCUT2D eigenvalue weighted by atomic mass is 10.1. The van der Waals surface area contributed by atoms with E-state index < -0.39 is 16.9 Å². The van der Waals surface area contributed by atoms with Crippen LogP contribution in [0.4, 0.5) is 5.69 Å². The van der Waals surface area contributed by atoms with Crippen molar-refractivity contribution in [2.24, 2.45) is 0 Å². The number of ether oxygens (including phenoxy) is 2. The van der Waals surface area contributed by atoms with E-state index in [9.17, 15) is 20.0 Å². The zero-order valence-electron chi connectivity index (χ0n) is 9.95. The molecule has 1 aromatic carbocycles. The third-order valence-electron chi connectivity index (χ3n) is 2.25. The first-order chi connectivity index (χ1) is 8.53. The number of aliphatic hydroxyl groups excluding tert-OH is 1. The largest absolute Gasteiger partial charge is 0.493 e. The van der Waals surface area contributed by atoms with Gasteiger partial charge >= 0.3 is 0 Å². The van der Waals surface area contributed by atoms with Crippen molar-refractivity contribution in [3.63, 3.8) is 0 Å². The van der Waals surface area contributed by atoms with Gasteiger partial charge in [0.25, 0.3) is 5.69 Å². The van der Waals surface area contributed by atoms with Crippen molar-refractivity contribution < 1.29 is 24.3 Å². The Morgan fingerprint density at radius 3 is 2.61 bits per heavy atom. The van der Waals surface area contributed by atoms with Gasteiger partial charge in [-0.15, -0.1) is 0 Å². The second-order valence-electron chi connectivity index (χ2n) is 3.42. The Morgan fingerprint density at radius 2 is 2.17 bits per heavy atom. The molecule has 0 aromatic heterocycles. The fourth-order valence-corrected chi connectivity index (χ4v) is 1.30. The molecule has 1 aromatic rings. The third-order valence-corrected chi connectivity index (χ3v) is 2.25. The Hall–Kier alpha value is -2.15. The van der Waals surface area contributed by atoms with Crippen molar-refractivity contribution in [2.75, 3.05) is 7.11 Å². The number of carbonyl (C=O) groups excluding carboxylic acids is 1. The molecular weight excluding hydrogens is 242 g/mol. The van der Waals surface area contributed by atoms with Crippen molar-refractivity contribution in [3.05, 3.63) is 27.8 Å². The molecule has 7 heteroatoms. The fraction of sp³-hybridized carbons (Fsp3) is 0.364. The standard InChI is InChI=1S/C11H13NO6/c1-3-11(14)18-10-5-8(12(15)16)7(6-13)4-9(10)17-2/h4-6,11,14H,3H2,1-2H3. The quantitative estimate of drug-likeness (QED) is 0.358. The molecule has 0 spiro atoms. The smallest absolute Gasteiger partial charge is 0.283 e. The number of methoxy groups -OCH3 is 1. The van der Waals surface area contributed by atoms with Gasteiger partial charge in [-0.05, 0) is 0 Å². The minimum absolute atomic E-state index is 0.0177. The molecule has 1 unspecified atom stereocenters. The van der Waals surface area contributed by atoms with E-state index in [4.69, 9.17) is 9.47 Å². The molecule has 0 amide bonds. The summed E-state index contributed by atoms with van der Waals surface area (Å²) in [6.45, 7) is 1.69. The van der Waals surface area contributed by atoms with Crippen molar-refractivity contribution in [3.8, 4) is 11.5 Å². The summed E-state index contributed by atoms with van der Waals surface area (Å²) in [7, 11) is 1.33. The van der Waals surface area contributed by atoms with Gasteiger partial charge in [-0.2, -0.15) is 0 Å². The van der Waals surface area contributed by atoms with Crippen LogP contribution in [0.5, 0.6) is 11.5 Å². The number of rotatable bonds is 6. The monoisotopic (exact) mass is 255 g/mol. The summed E-state index contributed by atoms with van der Waals surface area (Å²) >= 11 is 0. The molecule has 0 radical (unpaired) electrons. The van der Waals surface area contributed by atoms with Gasteiger partial charge in [0.2, 0.25) is 0 Å². The summed E-state index contributed by atoms with van der Waals surface area (Å²) in [4.78, 5) is 20.8. The average molecular weight is 255 g/mol. The average Bonchev–Trinajstić information content (AvgIpc) is 2.37. The summed E-state index contributed by atoms with van der Waals surface area (Å²) in [6.07, 6.45) is -0.423. The third kappa shape index (κ3) is 2.95. The number of aliphatic hydroxyl groups is 1. The molecule has 0 aliphatic rings. The molecule has 1 N–H and O–H groups in total. The molecule has 0 heterocycles. The van der Waals surface area contributed by atoms with Crippen LogP contribution in [-0.2, 0) is 0 Å². The maximum absolute atomic E-state index is 10.8. The minimum atomic E-state index is -1.10. The summed E-state index contributed by atoms with van der Waals surface area (Å²) < 4.78 is 10.0. The van der Waals surface area contributed by atoms with Gasteiger partial charge in [0.1, 0.15) is 0 Å². The van der Waals surface area contributed by atoms with Crippen molar-refractivity contribution in [2.45, 2.75) is 19.6 Å². The zero-order valence-corrected chi connectivity index (χ0v) is 9.95. The molecule has 0 saturated heterocycles. The number of aldehydes is 1. The maximum atomic E-state index is 10.8. The van der Waals surface area contributed by atoms with Gasteiger partial charge < -0.3 is 14.6 Å². The molecule has 0 bridgehead atoms. The van der Waals surface area contributed by atoms with E-state index >= 15 is 0 Å². The Kier molecular flexibility index (Phi) is 4.61. The zero-order chi connectivity index (χ0) is 13.7. The number of nitro groups is 1. The van der Waals surface area contributed by atoms with Gasteiger partial charge in [0, 0.05) is 12.5 Å². The van der Waals surface area contributed by atoms with E-state index in [0.29, 0.717) is 12.7 Å². The second-order valence-corrected chi connectivity index (χ2v) is 3.42. The summed E-state index contributed by atoms with van der Waals surface area (Å²) in [6, 6.07) is 2.25. The van der Waals surface area contributed by atoms with Crippen LogP contribution in [0.1, 0.15) is 23.7 Å². The first-order valence-corrected chi connectivity index (χ1v) is 5.19. The van der Waals surface area contributed by atoms with E-state index in [0.717, 1.165) is 6.07 Å². The summed E-state index contributed by atoms with van der Waals surface area (Å²) in [5.74, 6) is 0.166. The normalized spacial score (nSPS) is 11.7. The number of hydrogen-bond donors (Lipinski definition) is 1. The highest BCUT2D eigenvalue weighted by Gasteiger charge is 2.20. The molecular formula is C11H13NO6. The van der Waals surface area contributed by atoms with E-state index in [1.165, 1.54) is 13.2 Å². The molecule has 7 nitrogen and oxygen atoms in total. The van der Waals surface area contributed by atoms with Crippen molar-refractivity contribution in [1.29, 1.82) is 0 Å². The van der Waals surface area contributed by atoms with Gasteiger partial charge in [0.05, 0.1) is 23.7 Å². The highest BCUT2D eigenvalue weighted by Crippen LogP contribution is 2.34. The lowest BCUT2D eigenvalue weighted by Gasteiger charge is -2.14. The first-order valence-electron chi connectivity index (χ1n) is 5.19. The molecule has 1 rings (SSSR count). The van der Waals surface area contributed by atoms with Crippen molar-refractivity contribution >= 4 is 12.0 Å². The Morgan fingerprint density at radius 1 is 1.50 bits per heavy atom. The van der Waals surface area contributed by atoms with Crippen LogP contribution in [0, 0.1) is 10.1 Å². The van der Waals surface area contributed by atoms with Crippen LogP contribution in [0.25, 0.3) is 0 Å². The van der Waals surface area contributed by atoms with Crippen molar-refractivity contribution in [1.82, 2.24) is 0 Å². The molecule has 0 aliphatic heterocycles. The molecule has 0 fully saturated rings. The van der Waals surface area contributed by atoms with E-state index in [1.807, 2.05) is 0 Å². The minimum Gasteiger partial charge on any atom is -0.493 e. The van der Waals surface area contributed by atoms with Crippen LogP contribution in [-0.4, -0.2) is 29.7 Å². The highest BCUT2D eigenvalue weighted by molar-refractivity contribution is 5.83. The Bertz CT molecular complexity index is 459. The van der Waals surface area contributed by atoms with Gasteiger partial charge in [-0.25, -0.2) is 0 Å². The van der Waals surface area contributed by atoms with Gasteiger partial charge in [-0.1, -0.05) is 6.92 Å². The van der Waals surface area contributed by atoms with E-state index in [2.05, 4.69) is 0 Å². The predicted octanol–water partition coefficient (Wildman–Crippen LogP) is 1.52. The number of nitrogens with zero attached hydrogens (tertiary/aromatic N) is 1. The lowest BCUT2D eigenvalue weighted by molar-refractivity contribution is -0.385.